The van der Waals surface area contributed by atoms with Crippen molar-refractivity contribution in [1.29, 1.82) is 0 Å². The van der Waals surface area contributed by atoms with E-state index in [2.05, 4.69) is 4.98 Å². The normalized spacial score (nSPS) is 12.2. The van der Waals surface area contributed by atoms with E-state index in [0.717, 1.165) is 0 Å². The fourth-order valence-electron chi connectivity index (χ4n) is 1.10. The molecule has 0 saturated carbocycles. The summed E-state index contributed by atoms with van der Waals surface area (Å²) < 4.78 is 61.7. The molecule has 0 aliphatic rings. The summed E-state index contributed by atoms with van der Waals surface area (Å²) in [6.45, 7) is -0.538. The average Bonchev–Trinajstić information content (AvgIpc) is 2.14. The highest BCUT2D eigenvalue weighted by Gasteiger charge is 2.34. The Bertz CT molecular complexity index is 391. The predicted octanol–water partition coefficient (Wildman–Crippen LogP) is 3.15. The molecule has 16 heavy (non-hydrogen) atoms. The lowest BCUT2D eigenvalue weighted by Crippen LogP contribution is -2.14. The van der Waals surface area contributed by atoms with Gasteiger partial charge in [0, 0.05) is 6.54 Å². The van der Waals surface area contributed by atoms with Gasteiger partial charge in [-0.15, -0.1) is 0 Å². The second-order valence-corrected chi connectivity index (χ2v) is 3.26. The van der Waals surface area contributed by atoms with Gasteiger partial charge in [-0.2, -0.15) is 13.2 Å². The first-order valence-corrected chi connectivity index (χ1v) is 4.40. The first-order valence-electron chi connectivity index (χ1n) is 4.02. The van der Waals surface area contributed by atoms with Crippen LogP contribution in [0.25, 0.3) is 0 Å². The zero-order valence-electron chi connectivity index (χ0n) is 7.65. The molecule has 2 N–H and O–H groups in total. The maximum absolute atomic E-state index is 12.4. The Kier molecular flexibility index (Phi) is 3.69. The highest BCUT2D eigenvalue weighted by atomic mass is 35.5. The van der Waals surface area contributed by atoms with Gasteiger partial charge in [-0.25, -0.2) is 13.8 Å². The molecule has 1 heterocycles. The van der Waals surface area contributed by atoms with E-state index in [1.54, 1.807) is 0 Å². The van der Waals surface area contributed by atoms with Gasteiger partial charge in [0.05, 0.1) is 16.3 Å². The van der Waals surface area contributed by atoms with Gasteiger partial charge in [0.15, 0.2) is 0 Å². The summed E-state index contributed by atoms with van der Waals surface area (Å²) in [5.74, 6) is 0. The van der Waals surface area contributed by atoms with Gasteiger partial charge < -0.3 is 5.73 Å². The number of nitrogens with two attached hydrogens (primary N) is 1. The molecule has 90 valence electrons. The van der Waals surface area contributed by atoms with Crippen LogP contribution in [0, 0.1) is 0 Å². The molecule has 0 aliphatic heterocycles. The Balaban J connectivity index is 3.38. The fraction of sp³-hybridized carbons (Fsp3) is 0.375. The molecular formula is C8H6ClF5N2. The van der Waals surface area contributed by atoms with Gasteiger partial charge in [0.2, 0.25) is 0 Å². The van der Waals surface area contributed by atoms with Gasteiger partial charge in [-0.1, -0.05) is 11.6 Å². The monoisotopic (exact) mass is 260 g/mol. The third-order valence-corrected chi connectivity index (χ3v) is 2.10. The number of nitrogens with zero attached hydrogens (tertiary/aromatic N) is 1. The molecule has 0 fully saturated rings. The summed E-state index contributed by atoms with van der Waals surface area (Å²) >= 11 is 5.34. The van der Waals surface area contributed by atoms with Crippen molar-refractivity contribution in [3.63, 3.8) is 0 Å². The minimum atomic E-state index is -4.74. The molecule has 1 aromatic rings. The van der Waals surface area contributed by atoms with Crippen molar-refractivity contribution >= 4 is 11.6 Å². The SMILES string of the molecule is NCc1nc(C(F)(F)F)cc(Cl)c1C(F)F. The third-order valence-electron chi connectivity index (χ3n) is 1.79. The topological polar surface area (TPSA) is 38.9 Å². The first kappa shape index (κ1) is 13.1. The largest absolute Gasteiger partial charge is 0.433 e. The van der Waals surface area contributed by atoms with Crippen LogP contribution in [0.15, 0.2) is 6.07 Å². The lowest BCUT2D eigenvalue weighted by atomic mass is 10.1. The molecule has 2 nitrogen and oxygen atoms in total. The Hall–Kier alpha value is -0.950. The van der Waals surface area contributed by atoms with Gasteiger partial charge in [0.1, 0.15) is 5.69 Å². The van der Waals surface area contributed by atoms with Crippen molar-refractivity contribution in [2.75, 3.05) is 0 Å². The zero-order chi connectivity index (χ0) is 12.5. The molecule has 1 aromatic heterocycles. The Morgan fingerprint density at radius 1 is 1.38 bits per heavy atom. The lowest BCUT2D eigenvalue weighted by Gasteiger charge is -2.12. The van der Waals surface area contributed by atoms with E-state index in [1.165, 1.54) is 0 Å². The number of hydrogen-bond acceptors (Lipinski definition) is 2. The second-order valence-electron chi connectivity index (χ2n) is 2.85. The predicted molar refractivity (Wildman–Crippen MR) is 47.1 cm³/mol. The van der Waals surface area contributed by atoms with E-state index in [4.69, 9.17) is 17.3 Å². The van der Waals surface area contributed by atoms with Crippen molar-refractivity contribution in [3.8, 4) is 0 Å². The third kappa shape index (κ3) is 2.59. The van der Waals surface area contributed by atoms with E-state index in [9.17, 15) is 22.0 Å². The van der Waals surface area contributed by atoms with Crippen molar-refractivity contribution in [2.45, 2.75) is 19.1 Å². The van der Waals surface area contributed by atoms with Gasteiger partial charge in [0.25, 0.3) is 6.43 Å². The molecule has 0 radical (unpaired) electrons. The molecule has 0 amide bonds. The summed E-state index contributed by atoms with van der Waals surface area (Å²) in [6.07, 6.45) is -7.75. The number of hydrogen-bond donors (Lipinski definition) is 1. The summed E-state index contributed by atoms with van der Waals surface area (Å²) in [6, 6.07) is 0.363. The van der Waals surface area contributed by atoms with Crippen LogP contribution in [0.3, 0.4) is 0 Å². The van der Waals surface area contributed by atoms with Gasteiger partial charge in [-0.3, -0.25) is 0 Å². The standard InChI is InChI=1S/C8H6ClF5N2/c9-3-1-5(8(12,13)14)16-4(2-15)6(3)7(10)11/h1,7H,2,15H2. The summed E-state index contributed by atoms with van der Waals surface area (Å²) in [4.78, 5) is 3.03. The summed E-state index contributed by atoms with van der Waals surface area (Å²) in [5, 5.41) is -0.683. The van der Waals surface area contributed by atoms with Crippen LogP contribution >= 0.6 is 11.6 Å². The van der Waals surface area contributed by atoms with Crippen molar-refractivity contribution in [3.05, 3.63) is 28.0 Å². The summed E-state index contributed by atoms with van der Waals surface area (Å²) in [5.41, 5.74) is 2.42. The van der Waals surface area contributed by atoms with E-state index in [0.29, 0.717) is 6.07 Å². The highest BCUT2D eigenvalue weighted by molar-refractivity contribution is 6.31. The molecule has 0 aliphatic carbocycles. The lowest BCUT2D eigenvalue weighted by molar-refractivity contribution is -0.141. The quantitative estimate of drug-likeness (QED) is 0.830. The van der Waals surface area contributed by atoms with Crippen LogP contribution in [0.5, 0.6) is 0 Å². The van der Waals surface area contributed by atoms with Crippen LogP contribution in [0.4, 0.5) is 22.0 Å². The molecular weight excluding hydrogens is 255 g/mol. The van der Waals surface area contributed by atoms with Crippen LogP contribution in [0.2, 0.25) is 5.02 Å². The Labute approximate surface area is 92.2 Å². The molecule has 0 atom stereocenters. The molecule has 0 spiro atoms. The molecule has 1 rings (SSSR count). The zero-order valence-corrected chi connectivity index (χ0v) is 8.41. The van der Waals surface area contributed by atoms with E-state index in [1.807, 2.05) is 0 Å². The number of aromatic nitrogens is 1. The maximum atomic E-state index is 12.4. The van der Waals surface area contributed by atoms with Crippen molar-refractivity contribution < 1.29 is 22.0 Å². The Morgan fingerprint density at radius 3 is 2.31 bits per heavy atom. The van der Waals surface area contributed by atoms with Gasteiger partial charge >= 0.3 is 6.18 Å². The molecule has 0 saturated heterocycles. The Morgan fingerprint density at radius 2 is 1.94 bits per heavy atom. The smallest absolute Gasteiger partial charge is 0.325 e. The number of rotatable bonds is 2. The minimum Gasteiger partial charge on any atom is -0.325 e. The van der Waals surface area contributed by atoms with Crippen LogP contribution in [-0.2, 0) is 12.7 Å². The average molecular weight is 261 g/mol. The number of halogens is 6. The highest BCUT2D eigenvalue weighted by Crippen LogP contribution is 2.35. The minimum absolute atomic E-state index is 0.363. The van der Waals surface area contributed by atoms with E-state index in [-0.39, 0.29) is 0 Å². The van der Waals surface area contributed by atoms with E-state index >= 15 is 0 Å². The van der Waals surface area contributed by atoms with Crippen molar-refractivity contribution in [1.82, 2.24) is 4.98 Å². The molecule has 0 bridgehead atoms. The number of alkyl halides is 5. The van der Waals surface area contributed by atoms with Crippen LogP contribution in [0.1, 0.15) is 23.4 Å². The molecule has 0 unspecified atom stereocenters. The molecule has 0 aromatic carbocycles. The maximum Gasteiger partial charge on any atom is 0.433 e. The second kappa shape index (κ2) is 4.50. The number of pyridine rings is 1. The van der Waals surface area contributed by atoms with Crippen molar-refractivity contribution in [2.24, 2.45) is 5.73 Å². The summed E-state index contributed by atoms with van der Waals surface area (Å²) in [7, 11) is 0. The fourth-order valence-corrected chi connectivity index (χ4v) is 1.40. The van der Waals surface area contributed by atoms with Crippen LogP contribution < -0.4 is 5.73 Å². The van der Waals surface area contributed by atoms with Gasteiger partial charge in [-0.05, 0) is 6.07 Å². The first-order chi connectivity index (χ1) is 7.27. The van der Waals surface area contributed by atoms with Crippen LogP contribution in [-0.4, -0.2) is 4.98 Å². The van der Waals surface area contributed by atoms with E-state index < -0.39 is 41.1 Å². The molecule has 8 heteroatoms.